The molecule has 124 valence electrons. The SMILES string of the molecule is Cc1nc(CCC(=O)NC2(C#N)CCSC2)oc1-c1ccccc1. The minimum absolute atomic E-state index is 0.129. The molecule has 1 aliphatic rings. The molecule has 2 heterocycles. The molecular weight excluding hydrogens is 322 g/mol. The number of benzene rings is 1. The summed E-state index contributed by atoms with van der Waals surface area (Å²) in [6.45, 7) is 1.90. The first-order chi connectivity index (χ1) is 11.6. The molecule has 0 spiro atoms. The Kier molecular flexibility index (Phi) is 4.91. The zero-order valence-corrected chi connectivity index (χ0v) is 14.4. The van der Waals surface area contributed by atoms with Crippen LogP contribution in [0, 0.1) is 18.3 Å². The van der Waals surface area contributed by atoms with Gasteiger partial charge < -0.3 is 9.73 Å². The fraction of sp³-hybridized carbons (Fsp3) is 0.389. The number of nitrogens with one attached hydrogen (secondary N) is 1. The molecule has 1 fully saturated rings. The van der Waals surface area contributed by atoms with Gasteiger partial charge in [-0.25, -0.2) is 4.98 Å². The van der Waals surface area contributed by atoms with Crippen LogP contribution in [0.2, 0.25) is 0 Å². The third-order valence-electron chi connectivity index (χ3n) is 4.06. The Bertz CT molecular complexity index is 758. The van der Waals surface area contributed by atoms with Crippen molar-refractivity contribution < 1.29 is 9.21 Å². The molecule has 5 nitrogen and oxygen atoms in total. The lowest BCUT2D eigenvalue weighted by Gasteiger charge is -2.20. The summed E-state index contributed by atoms with van der Waals surface area (Å²) in [5.74, 6) is 2.73. The number of aromatic nitrogens is 1. The van der Waals surface area contributed by atoms with E-state index in [1.165, 1.54) is 0 Å². The summed E-state index contributed by atoms with van der Waals surface area (Å²) in [6.07, 6.45) is 1.40. The zero-order valence-electron chi connectivity index (χ0n) is 13.5. The second-order valence-electron chi connectivity index (χ2n) is 5.93. The van der Waals surface area contributed by atoms with Crippen molar-refractivity contribution >= 4 is 17.7 Å². The number of aryl methyl sites for hydroxylation is 2. The van der Waals surface area contributed by atoms with Crippen LogP contribution >= 0.6 is 11.8 Å². The maximum Gasteiger partial charge on any atom is 0.221 e. The lowest BCUT2D eigenvalue weighted by Crippen LogP contribution is -2.47. The van der Waals surface area contributed by atoms with Crippen LogP contribution in [0.4, 0.5) is 0 Å². The van der Waals surface area contributed by atoms with Gasteiger partial charge in [0.05, 0.1) is 11.8 Å². The lowest BCUT2D eigenvalue weighted by molar-refractivity contribution is -0.122. The first-order valence-electron chi connectivity index (χ1n) is 7.94. The van der Waals surface area contributed by atoms with Crippen LogP contribution in [0.5, 0.6) is 0 Å². The number of hydrogen-bond acceptors (Lipinski definition) is 5. The van der Waals surface area contributed by atoms with Gasteiger partial charge in [0.1, 0.15) is 5.54 Å². The topological polar surface area (TPSA) is 78.9 Å². The molecular formula is C18H19N3O2S. The average molecular weight is 341 g/mol. The molecule has 0 saturated carbocycles. The molecule has 1 aromatic heterocycles. The number of oxazole rings is 1. The van der Waals surface area contributed by atoms with E-state index in [0.29, 0.717) is 24.5 Å². The van der Waals surface area contributed by atoms with Gasteiger partial charge in [-0.05, 0) is 19.1 Å². The van der Waals surface area contributed by atoms with Crippen LogP contribution in [0.25, 0.3) is 11.3 Å². The number of nitriles is 1. The first-order valence-corrected chi connectivity index (χ1v) is 9.09. The normalized spacial score (nSPS) is 19.8. The molecule has 0 aliphatic carbocycles. The fourth-order valence-electron chi connectivity index (χ4n) is 2.75. The largest absolute Gasteiger partial charge is 0.440 e. The number of hydrogen-bond donors (Lipinski definition) is 1. The number of carbonyl (C=O) groups excluding carboxylic acids is 1. The van der Waals surface area contributed by atoms with Crippen LogP contribution in [0.3, 0.4) is 0 Å². The predicted molar refractivity (Wildman–Crippen MR) is 93.4 cm³/mol. The summed E-state index contributed by atoms with van der Waals surface area (Å²) in [5.41, 5.74) is 1.09. The minimum Gasteiger partial charge on any atom is -0.440 e. The molecule has 1 saturated heterocycles. The number of amides is 1. The van der Waals surface area contributed by atoms with Crippen LogP contribution in [0.1, 0.15) is 24.4 Å². The van der Waals surface area contributed by atoms with E-state index in [1.54, 1.807) is 11.8 Å². The van der Waals surface area contributed by atoms with E-state index in [2.05, 4.69) is 16.4 Å². The Morgan fingerprint density at radius 2 is 2.25 bits per heavy atom. The van der Waals surface area contributed by atoms with E-state index >= 15 is 0 Å². The van der Waals surface area contributed by atoms with Gasteiger partial charge in [-0.15, -0.1) is 0 Å². The molecule has 0 radical (unpaired) electrons. The van der Waals surface area contributed by atoms with Gasteiger partial charge >= 0.3 is 0 Å². The van der Waals surface area contributed by atoms with Gasteiger partial charge in [-0.1, -0.05) is 30.3 Å². The second kappa shape index (κ2) is 7.10. The molecule has 1 atom stereocenters. The Labute approximate surface area is 145 Å². The maximum atomic E-state index is 12.2. The average Bonchev–Trinajstić information content (AvgIpc) is 3.21. The highest BCUT2D eigenvalue weighted by Gasteiger charge is 2.35. The van der Waals surface area contributed by atoms with Gasteiger partial charge in [0.25, 0.3) is 0 Å². The molecule has 1 N–H and O–H groups in total. The number of nitrogens with zero attached hydrogens (tertiary/aromatic N) is 2. The Hall–Kier alpha value is -2.26. The van der Waals surface area contributed by atoms with Crippen molar-refractivity contribution in [2.75, 3.05) is 11.5 Å². The van der Waals surface area contributed by atoms with Crippen molar-refractivity contribution in [2.45, 2.75) is 31.7 Å². The highest BCUT2D eigenvalue weighted by Crippen LogP contribution is 2.28. The number of thioether (sulfide) groups is 1. The van der Waals surface area contributed by atoms with Gasteiger partial charge in [-0.3, -0.25) is 4.79 Å². The summed E-state index contributed by atoms with van der Waals surface area (Å²) >= 11 is 1.70. The fourth-order valence-corrected chi connectivity index (χ4v) is 4.01. The van der Waals surface area contributed by atoms with Gasteiger partial charge in [0.15, 0.2) is 11.7 Å². The summed E-state index contributed by atoms with van der Waals surface area (Å²) in [7, 11) is 0. The zero-order chi connectivity index (χ0) is 17.0. The first kappa shape index (κ1) is 16.6. The molecule has 2 aromatic rings. The van der Waals surface area contributed by atoms with Crippen molar-refractivity contribution in [1.82, 2.24) is 10.3 Å². The minimum atomic E-state index is -0.705. The summed E-state index contributed by atoms with van der Waals surface area (Å²) in [6, 6.07) is 12.0. The van der Waals surface area contributed by atoms with E-state index in [-0.39, 0.29) is 12.3 Å². The van der Waals surface area contributed by atoms with Gasteiger partial charge in [0, 0.05) is 24.2 Å². The highest BCUT2D eigenvalue weighted by atomic mass is 32.2. The van der Waals surface area contributed by atoms with Crippen LogP contribution < -0.4 is 5.32 Å². The molecule has 1 aromatic carbocycles. The summed E-state index contributed by atoms with van der Waals surface area (Å²) in [5, 5.41) is 12.2. The molecule has 3 rings (SSSR count). The van der Waals surface area contributed by atoms with Gasteiger partial charge in [0.2, 0.25) is 5.91 Å². The number of rotatable bonds is 5. The van der Waals surface area contributed by atoms with E-state index < -0.39 is 5.54 Å². The lowest BCUT2D eigenvalue weighted by atomic mass is 10.0. The number of carbonyl (C=O) groups is 1. The predicted octanol–water partition coefficient (Wildman–Crippen LogP) is 3.10. The summed E-state index contributed by atoms with van der Waals surface area (Å²) < 4.78 is 5.81. The van der Waals surface area contributed by atoms with E-state index in [4.69, 9.17) is 4.42 Å². The molecule has 1 amide bonds. The Morgan fingerprint density at radius 1 is 1.46 bits per heavy atom. The van der Waals surface area contributed by atoms with Crippen molar-refractivity contribution in [2.24, 2.45) is 0 Å². The highest BCUT2D eigenvalue weighted by molar-refractivity contribution is 7.99. The second-order valence-corrected chi connectivity index (χ2v) is 7.04. The van der Waals surface area contributed by atoms with Crippen LogP contribution in [0.15, 0.2) is 34.7 Å². The van der Waals surface area contributed by atoms with Crippen molar-refractivity contribution in [3.8, 4) is 17.4 Å². The van der Waals surface area contributed by atoms with Crippen molar-refractivity contribution in [1.29, 1.82) is 5.26 Å². The monoisotopic (exact) mass is 341 g/mol. The van der Waals surface area contributed by atoms with Crippen molar-refractivity contribution in [3.05, 3.63) is 41.9 Å². The Balaban J connectivity index is 1.61. The van der Waals surface area contributed by atoms with Crippen molar-refractivity contribution in [3.63, 3.8) is 0 Å². The van der Waals surface area contributed by atoms with Crippen LogP contribution in [-0.2, 0) is 11.2 Å². The quantitative estimate of drug-likeness (QED) is 0.904. The summed E-state index contributed by atoms with van der Waals surface area (Å²) in [4.78, 5) is 16.6. The molecule has 6 heteroatoms. The van der Waals surface area contributed by atoms with E-state index in [9.17, 15) is 10.1 Å². The molecule has 1 unspecified atom stereocenters. The van der Waals surface area contributed by atoms with E-state index in [1.807, 2.05) is 37.3 Å². The third kappa shape index (κ3) is 3.62. The van der Waals surface area contributed by atoms with Gasteiger partial charge in [-0.2, -0.15) is 17.0 Å². The Morgan fingerprint density at radius 3 is 2.92 bits per heavy atom. The van der Waals surface area contributed by atoms with Crippen LogP contribution in [-0.4, -0.2) is 27.9 Å². The molecule has 1 aliphatic heterocycles. The molecule has 24 heavy (non-hydrogen) atoms. The third-order valence-corrected chi connectivity index (χ3v) is 5.25. The van der Waals surface area contributed by atoms with E-state index in [0.717, 1.165) is 22.8 Å². The maximum absolute atomic E-state index is 12.2. The standard InChI is InChI=1S/C18H19N3O2S/c1-13-17(14-5-3-2-4-6-14)23-16(20-13)8-7-15(22)21-18(11-19)9-10-24-12-18/h2-6H,7-10,12H2,1H3,(H,21,22). The smallest absolute Gasteiger partial charge is 0.221 e. The molecule has 0 bridgehead atoms.